The van der Waals surface area contributed by atoms with Gasteiger partial charge in [-0.1, -0.05) is 6.07 Å². The molecule has 0 atom stereocenters. The molecule has 1 heterocycles. The van der Waals surface area contributed by atoms with Crippen LogP contribution in [0.1, 0.15) is 19.4 Å². The number of likely N-dealkylation sites (N-methyl/N-ethyl adjacent to an activating group) is 1. The Morgan fingerprint density at radius 2 is 2.16 bits per heavy atom. The number of carboxylic acid groups (broad SMARTS) is 1. The zero-order valence-electron chi connectivity index (χ0n) is 11.1. The second-order valence-corrected chi connectivity index (χ2v) is 5.07. The summed E-state index contributed by atoms with van der Waals surface area (Å²) < 4.78 is 4.98. The molecular formula is C13H16N2O4. The average molecular weight is 264 g/mol. The van der Waals surface area contributed by atoms with Gasteiger partial charge in [-0.2, -0.15) is 0 Å². The van der Waals surface area contributed by atoms with Crippen LogP contribution in [-0.2, 0) is 11.3 Å². The number of hydrogen-bond donors (Lipinski definition) is 2. The van der Waals surface area contributed by atoms with Crippen LogP contribution in [0.3, 0.4) is 0 Å². The number of benzene rings is 1. The zero-order chi connectivity index (χ0) is 14.2. The van der Waals surface area contributed by atoms with Crippen LogP contribution in [0.25, 0.3) is 11.1 Å². The number of carbonyl (C=O) groups is 1. The number of nitrogens with one attached hydrogen (secondary N) is 1. The maximum atomic E-state index is 11.2. The SMILES string of the molecule is CN(Cc1ccc2[nH]c(=O)oc2c1)C(C)(C)C(=O)O. The Morgan fingerprint density at radius 1 is 1.47 bits per heavy atom. The summed E-state index contributed by atoms with van der Waals surface area (Å²) >= 11 is 0. The van der Waals surface area contributed by atoms with E-state index in [1.165, 1.54) is 0 Å². The second kappa shape index (κ2) is 4.55. The molecule has 0 amide bonds. The number of nitrogens with zero attached hydrogens (tertiary/aromatic N) is 1. The summed E-state index contributed by atoms with van der Waals surface area (Å²) in [7, 11) is 1.74. The van der Waals surface area contributed by atoms with Crippen molar-refractivity contribution in [3.63, 3.8) is 0 Å². The largest absolute Gasteiger partial charge is 0.480 e. The minimum Gasteiger partial charge on any atom is -0.480 e. The van der Waals surface area contributed by atoms with Gasteiger partial charge in [-0.15, -0.1) is 0 Å². The summed E-state index contributed by atoms with van der Waals surface area (Å²) in [5, 5.41) is 9.16. The molecule has 1 aromatic heterocycles. The van der Waals surface area contributed by atoms with E-state index in [4.69, 9.17) is 9.52 Å². The van der Waals surface area contributed by atoms with Crippen LogP contribution >= 0.6 is 0 Å². The lowest BCUT2D eigenvalue weighted by molar-refractivity contribution is -0.148. The normalized spacial score (nSPS) is 12.2. The lowest BCUT2D eigenvalue weighted by Crippen LogP contribution is -2.47. The Labute approximate surface area is 109 Å². The number of hydrogen-bond acceptors (Lipinski definition) is 4. The van der Waals surface area contributed by atoms with Crippen molar-refractivity contribution in [3.05, 3.63) is 34.3 Å². The number of aromatic amines is 1. The third-order valence-electron chi connectivity index (χ3n) is 3.38. The summed E-state index contributed by atoms with van der Waals surface area (Å²) in [4.78, 5) is 26.5. The van der Waals surface area contributed by atoms with Gasteiger partial charge in [0.15, 0.2) is 5.58 Å². The summed E-state index contributed by atoms with van der Waals surface area (Å²) in [6.07, 6.45) is 0. The summed E-state index contributed by atoms with van der Waals surface area (Å²) in [5.41, 5.74) is 1.03. The van der Waals surface area contributed by atoms with Crippen molar-refractivity contribution in [2.45, 2.75) is 25.9 Å². The Morgan fingerprint density at radius 3 is 2.79 bits per heavy atom. The molecule has 0 spiro atoms. The Bertz CT molecular complexity index is 669. The van der Waals surface area contributed by atoms with Gasteiger partial charge < -0.3 is 9.52 Å². The van der Waals surface area contributed by atoms with Crippen molar-refractivity contribution in [2.75, 3.05) is 7.05 Å². The summed E-state index contributed by atoms with van der Waals surface area (Å²) in [6.45, 7) is 3.73. The Kier molecular flexibility index (Phi) is 3.20. The fourth-order valence-corrected chi connectivity index (χ4v) is 1.72. The predicted octanol–water partition coefficient (Wildman–Crippen LogP) is 1.42. The van der Waals surface area contributed by atoms with Crippen molar-refractivity contribution in [1.29, 1.82) is 0 Å². The first kappa shape index (κ1) is 13.4. The third kappa shape index (κ3) is 2.53. The molecule has 0 unspecified atom stereocenters. The quantitative estimate of drug-likeness (QED) is 0.872. The van der Waals surface area contributed by atoms with Crippen LogP contribution in [0.2, 0.25) is 0 Å². The monoisotopic (exact) mass is 264 g/mol. The van der Waals surface area contributed by atoms with E-state index in [0.717, 1.165) is 5.56 Å². The minimum absolute atomic E-state index is 0.449. The molecule has 0 fully saturated rings. The van der Waals surface area contributed by atoms with Gasteiger partial charge >= 0.3 is 11.7 Å². The molecule has 0 aliphatic rings. The highest BCUT2D eigenvalue weighted by Gasteiger charge is 2.31. The number of carboxylic acids is 1. The van der Waals surface area contributed by atoms with Gasteiger partial charge in [-0.05, 0) is 38.6 Å². The molecule has 0 saturated carbocycles. The molecule has 0 bridgehead atoms. The van der Waals surface area contributed by atoms with Gasteiger partial charge in [0.25, 0.3) is 0 Å². The number of aliphatic carboxylic acids is 1. The van der Waals surface area contributed by atoms with Gasteiger partial charge in [0.1, 0.15) is 5.54 Å². The van der Waals surface area contributed by atoms with E-state index >= 15 is 0 Å². The molecule has 102 valence electrons. The fraction of sp³-hybridized carbons (Fsp3) is 0.385. The van der Waals surface area contributed by atoms with Crippen LogP contribution in [0.5, 0.6) is 0 Å². The molecule has 0 saturated heterocycles. The van der Waals surface area contributed by atoms with Crippen LogP contribution in [-0.4, -0.2) is 33.5 Å². The number of fused-ring (bicyclic) bond motifs is 1. The molecule has 0 aliphatic heterocycles. The van der Waals surface area contributed by atoms with Crippen molar-refractivity contribution in [3.8, 4) is 0 Å². The highest BCUT2D eigenvalue weighted by Crippen LogP contribution is 2.18. The van der Waals surface area contributed by atoms with Gasteiger partial charge in [0.05, 0.1) is 5.52 Å². The van der Waals surface area contributed by atoms with Gasteiger partial charge in [-0.3, -0.25) is 14.7 Å². The number of oxazole rings is 1. The first-order valence-corrected chi connectivity index (χ1v) is 5.87. The molecule has 2 aromatic rings. The third-order valence-corrected chi connectivity index (χ3v) is 3.38. The standard InChI is InChI=1S/C13H16N2O4/c1-13(2,11(16)17)15(3)7-8-4-5-9-10(6-8)19-12(18)14-9/h4-6H,7H2,1-3H3,(H,14,18)(H,16,17). The molecule has 2 rings (SSSR count). The maximum absolute atomic E-state index is 11.2. The highest BCUT2D eigenvalue weighted by molar-refractivity contribution is 5.77. The van der Waals surface area contributed by atoms with E-state index in [2.05, 4.69) is 4.98 Å². The molecule has 6 nitrogen and oxygen atoms in total. The molecule has 6 heteroatoms. The smallest absolute Gasteiger partial charge is 0.417 e. The minimum atomic E-state index is -0.964. The first-order chi connectivity index (χ1) is 8.80. The Hall–Kier alpha value is -2.08. The molecule has 1 aromatic carbocycles. The summed E-state index contributed by atoms with van der Waals surface area (Å²) in [5.74, 6) is -1.38. The topological polar surface area (TPSA) is 86.5 Å². The van der Waals surface area contributed by atoms with E-state index in [0.29, 0.717) is 17.6 Å². The van der Waals surface area contributed by atoms with E-state index in [1.54, 1.807) is 37.9 Å². The zero-order valence-corrected chi connectivity index (χ0v) is 11.1. The second-order valence-electron chi connectivity index (χ2n) is 5.07. The van der Waals surface area contributed by atoms with Crippen molar-refractivity contribution in [1.82, 2.24) is 9.88 Å². The van der Waals surface area contributed by atoms with E-state index in [9.17, 15) is 9.59 Å². The molecule has 19 heavy (non-hydrogen) atoms. The first-order valence-electron chi connectivity index (χ1n) is 5.87. The van der Waals surface area contributed by atoms with E-state index in [-0.39, 0.29) is 0 Å². The van der Waals surface area contributed by atoms with Crippen LogP contribution in [0.15, 0.2) is 27.4 Å². The van der Waals surface area contributed by atoms with Crippen LogP contribution in [0.4, 0.5) is 0 Å². The summed E-state index contributed by atoms with van der Waals surface area (Å²) in [6, 6.07) is 5.32. The lowest BCUT2D eigenvalue weighted by atomic mass is 10.0. The maximum Gasteiger partial charge on any atom is 0.417 e. The van der Waals surface area contributed by atoms with Crippen molar-refractivity contribution >= 4 is 17.1 Å². The van der Waals surface area contributed by atoms with Crippen LogP contribution < -0.4 is 5.76 Å². The van der Waals surface area contributed by atoms with Crippen LogP contribution in [0, 0.1) is 0 Å². The number of H-pyrrole nitrogens is 1. The highest BCUT2D eigenvalue weighted by atomic mass is 16.4. The lowest BCUT2D eigenvalue weighted by Gasteiger charge is -2.31. The van der Waals surface area contributed by atoms with E-state index in [1.807, 2.05) is 6.07 Å². The van der Waals surface area contributed by atoms with E-state index < -0.39 is 17.3 Å². The Balaban J connectivity index is 2.26. The predicted molar refractivity (Wildman–Crippen MR) is 70.0 cm³/mol. The van der Waals surface area contributed by atoms with Crippen molar-refractivity contribution in [2.24, 2.45) is 0 Å². The average Bonchev–Trinajstić information content (AvgIpc) is 2.68. The molecule has 0 radical (unpaired) electrons. The van der Waals surface area contributed by atoms with Gasteiger partial charge in [0, 0.05) is 6.54 Å². The number of rotatable bonds is 4. The van der Waals surface area contributed by atoms with Crippen molar-refractivity contribution < 1.29 is 14.3 Å². The fourth-order valence-electron chi connectivity index (χ4n) is 1.72. The number of aromatic nitrogens is 1. The van der Waals surface area contributed by atoms with Gasteiger partial charge in [0.2, 0.25) is 0 Å². The molecular weight excluding hydrogens is 248 g/mol. The molecule has 2 N–H and O–H groups in total. The van der Waals surface area contributed by atoms with Gasteiger partial charge in [-0.25, -0.2) is 4.79 Å². The molecule has 0 aliphatic carbocycles.